The molecule has 19 heteroatoms. The van der Waals surface area contributed by atoms with Crippen LogP contribution in [-0.4, -0.2) is 116 Å². The molecular formula is C39H49ClF3N9O5S. The molecule has 3 atom stereocenters. The number of nitriles is 1. The van der Waals surface area contributed by atoms with Gasteiger partial charge in [-0.1, -0.05) is 0 Å². The van der Waals surface area contributed by atoms with Gasteiger partial charge in [-0.05, 0) is 96.6 Å². The van der Waals surface area contributed by atoms with Gasteiger partial charge in [-0.2, -0.15) is 18.4 Å². The Morgan fingerprint density at radius 3 is 2.36 bits per heavy atom. The van der Waals surface area contributed by atoms with Gasteiger partial charge in [0.25, 0.3) is 5.91 Å². The number of imide groups is 1. The molecule has 4 aliphatic rings. The van der Waals surface area contributed by atoms with Crippen molar-refractivity contribution in [3.05, 3.63) is 47.5 Å². The van der Waals surface area contributed by atoms with Crippen LogP contribution in [-0.2, 0) is 30.1 Å². The predicted molar refractivity (Wildman–Crippen MR) is 214 cm³/mol. The van der Waals surface area contributed by atoms with Crippen LogP contribution in [0.2, 0.25) is 0 Å². The van der Waals surface area contributed by atoms with E-state index in [1.54, 1.807) is 26.0 Å². The summed E-state index contributed by atoms with van der Waals surface area (Å²) in [6.07, 6.45) is 2.25. The topological polar surface area (TPSA) is 164 Å². The third kappa shape index (κ3) is 9.77. The van der Waals surface area contributed by atoms with E-state index in [4.69, 9.17) is 22.2 Å². The minimum absolute atomic E-state index is 0. The number of nitrogens with zero attached hydrogens (tertiary/aromatic N) is 7. The highest BCUT2D eigenvalue weighted by atomic mass is 35.5. The number of piperazine rings is 1. The molecule has 6 rings (SSSR count). The van der Waals surface area contributed by atoms with E-state index in [0.29, 0.717) is 37.3 Å². The van der Waals surface area contributed by atoms with Gasteiger partial charge < -0.3 is 19.9 Å². The molecule has 3 aliphatic heterocycles. The maximum absolute atomic E-state index is 13.7. The van der Waals surface area contributed by atoms with Crippen molar-refractivity contribution in [2.24, 2.45) is 0 Å². The number of hydrogen-bond donors (Lipinski definition) is 2. The molecule has 4 amide bonds. The number of anilines is 2. The number of thiocarbonyl (C=S) groups is 1. The van der Waals surface area contributed by atoms with Crippen molar-refractivity contribution in [3.8, 4) is 6.07 Å². The van der Waals surface area contributed by atoms with Crippen LogP contribution in [0, 0.1) is 11.3 Å². The van der Waals surface area contributed by atoms with E-state index in [9.17, 15) is 32.3 Å². The Morgan fingerprint density at radius 1 is 1.07 bits per heavy atom. The van der Waals surface area contributed by atoms with Crippen molar-refractivity contribution >= 4 is 64.7 Å². The number of hydrogen-bond acceptors (Lipinski definition) is 11. The minimum atomic E-state index is -4.82. The number of carbonyl (C=O) groups is 4. The van der Waals surface area contributed by atoms with Crippen molar-refractivity contribution in [2.75, 3.05) is 43.0 Å². The van der Waals surface area contributed by atoms with Crippen molar-refractivity contribution in [1.29, 1.82) is 5.26 Å². The van der Waals surface area contributed by atoms with Gasteiger partial charge in [0, 0.05) is 50.8 Å². The number of piperidine rings is 1. The summed E-state index contributed by atoms with van der Waals surface area (Å²) in [6.45, 7) is 10.9. The summed E-state index contributed by atoms with van der Waals surface area (Å²) in [6, 6.07) is 5.84. The summed E-state index contributed by atoms with van der Waals surface area (Å²) in [5.74, 6) is -1.72. The molecule has 1 saturated carbocycles. The summed E-state index contributed by atoms with van der Waals surface area (Å²) in [5, 5.41) is 14.5. The number of alkyl halides is 3. The Morgan fingerprint density at radius 2 is 1.76 bits per heavy atom. The van der Waals surface area contributed by atoms with E-state index in [2.05, 4.69) is 44.2 Å². The van der Waals surface area contributed by atoms with Crippen LogP contribution in [0.4, 0.5) is 24.5 Å². The Bertz CT molecular complexity index is 1910. The van der Waals surface area contributed by atoms with Gasteiger partial charge in [0.1, 0.15) is 11.6 Å². The van der Waals surface area contributed by atoms with Gasteiger partial charge in [-0.3, -0.25) is 39.3 Å². The number of carbonyl (C=O) groups excluding carboxylic acids is 4. The van der Waals surface area contributed by atoms with Crippen LogP contribution >= 0.6 is 24.6 Å². The third-order valence-electron chi connectivity index (χ3n) is 11.4. The minimum Gasteiger partial charge on any atom is -0.378 e. The van der Waals surface area contributed by atoms with Crippen LogP contribution in [0.15, 0.2) is 30.6 Å². The van der Waals surface area contributed by atoms with E-state index in [1.165, 1.54) is 12.3 Å². The first-order valence-electron chi connectivity index (χ1n) is 19.3. The van der Waals surface area contributed by atoms with Crippen molar-refractivity contribution in [2.45, 2.75) is 115 Å². The zero-order valence-corrected chi connectivity index (χ0v) is 34.5. The van der Waals surface area contributed by atoms with Crippen LogP contribution in [0.1, 0.15) is 95.5 Å². The van der Waals surface area contributed by atoms with Crippen molar-refractivity contribution < 1.29 is 37.1 Å². The fourth-order valence-corrected chi connectivity index (χ4v) is 9.09. The average Bonchev–Trinajstić information content (AvgIpc) is 3.33. The van der Waals surface area contributed by atoms with Gasteiger partial charge in [-0.25, -0.2) is 4.98 Å². The third-order valence-corrected chi connectivity index (χ3v) is 11.8. The smallest absolute Gasteiger partial charge is 0.378 e. The molecule has 2 N–H and O–H groups in total. The molecule has 5 heterocycles. The first-order valence-corrected chi connectivity index (χ1v) is 19.7. The summed E-state index contributed by atoms with van der Waals surface area (Å²) in [4.78, 5) is 65.8. The number of rotatable bonds is 11. The van der Waals surface area contributed by atoms with Gasteiger partial charge in [0.2, 0.25) is 17.7 Å². The zero-order valence-electron chi connectivity index (χ0n) is 32.9. The molecule has 0 bridgehead atoms. The predicted octanol–water partition coefficient (Wildman–Crippen LogP) is 4.77. The van der Waals surface area contributed by atoms with E-state index in [0.717, 1.165) is 56.1 Å². The highest BCUT2D eigenvalue weighted by Crippen LogP contribution is 2.40. The number of aromatic nitrogens is 2. The van der Waals surface area contributed by atoms with Crippen LogP contribution in [0.25, 0.3) is 0 Å². The monoisotopic (exact) mass is 847 g/mol. The fourth-order valence-electron chi connectivity index (χ4n) is 8.53. The van der Waals surface area contributed by atoms with Crippen molar-refractivity contribution in [1.82, 2.24) is 30.0 Å². The lowest BCUT2D eigenvalue weighted by atomic mass is 9.89. The standard InChI is InChI=1S/C39H48F3N9O5S.ClH/c1-23-20-48(21-24(2)49(23)22-34(53)46-25-6-12-31(44-18-25)29-11-13-33(52)47-35(29)54)14-5-15-56-28-9-7-26(8-10-28)51-37(57)50(36(55)38(51,3)4)27-16-30(39(40,41)42)32(17-43)45-19-27;/h6,12,16,18-19,23-24,26,28-29H,5,7-11,13-15,20-22H2,1-4H3,(H,46,53)(H,47,52,54);1H/t23-,24+,26?,28?,29?;. The van der Waals surface area contributed by atoms with Gasteiger partial charge in [0.15, 0.2) is 10.8 Å². The van der Waals surface area contributed by atoms with Crippen LogP contribution in [0.5, 0.6) is 0 Å². The second-order valence-electron chi connectivity index (χ2n) is 15.9. The molecule has 314 valence electrons. The molecule has 1 aliphatic carbocycles. The molecule has 0 spiro atoms. The number of pyridine rings is 2. The van der Waals surface area contributed by atoms with Crippen molar-refractivity contribution in [3.63, 3.8) is 0 Å². The van der Waals surface area contributed by atoms with E-state index in [-0.39, 0.29) is 78.1 Å². The number of nitrogens with one attached hydrogen (secondary N) is 2. The van der Waals surface area contributed by atoms with E-state index < -0.39 is 34.8 Å². The molecule has 58 heavy (non-hydrogen) atoms. The summed E-state index contributed by atoms with van der Waals surface area (Å²) in [5.41, 5.74) is -2.09. The first kappa shape index (κ1) is 44.8. The second-order valence-corrected chi connectivity index (χ2v) is 16.2. The second kappa shape index (κ2) is 18.3. The van der Waals surface area contributed by atoms with E-state index >= 15 is 0 Å². The SMILES string of the molecule is C[C@@H]1CN(CCCOC2CCC(N3C(=S)N(c4cnc(C#N)c(C(F)(F)F)c4)C(=O)C3(C)C)CC2)C[C@H](C)N1CC(=O)Nc1ccc(C2CCC(=O)NC2=O)nc1.Cl. The summed E-state index contributed by atoms with van der Waals surface area (Å²) >= 11 is 5.70. The molecule has 14 nitrogen and oxygen atoms in total. The van der Waals surface area contributed by atoms with Gasteiger partial charge in [-0.15, -0.1) is 12.4 Å². The number of halogens is 4. The Balaban J connectivity index is 0.00000641. The van der Waals surface area contributed by atoms with Gasteiger partial charge in [0.05, 0.1) is 53.6 Å². The largest absolute Gasteiger partial charge is 0.419 e. The highest BCUT2D eigenvalue weighted by Gasteiger charge is 2.53. The molecule has 2 aromatic rings. The van der Waals surface area contributed by atoms with Crippen LogP contribution in [0.3, 0.4) is 0 Å². The lowest BCUT2D eigenvalue weighted by Crippen LogP contribution is -2.58. The lowest BCUT2D eigenvalue weighted by molar-refractivity contribution is -0.138. The molecular weight excluding hydrogens is 799 g/mol. The quantitative estimate of drug-likeness (QED) is 0.181. The summed E-state index contributed by atoms with van der Waals surface area (Å²) < 4.78 is 47.3. The van der Waals surface area contributed by atoms with Crippen LogP contribution < -0.4 is 15.5 Å². The summed E-state index contributed by atoms with van der Waals surface area (Å²) in [7, 11) is 0. The average molecular weight is 848 g/mol. The Kier molecular flexibility index (Phi) is 14.2. The molecule has 0 aromatic carbocycles. The maximum Gasteiger partial charge on any atom is 0.419 e. The zero-order chi connectivity index (χ0) is 41.2. The molecule has 3 saturated heterocycles. The first-order chi connectivity index (χ1) is 27.0. The molecule has 0 radical (unpaired) electrons. The maximum atomic E-state index is 13.7. The Hall–Kier alpha value is -4.28. The number of amides is 4. The molecule has 4 fully saturated rings. The molecule has 1 unspecified atom stereocenters. The number of ether oxygens (including phenoxy) is 1. The normalized spacial score (nSPS) is 25.6. The van der Waals surface area contributed by atoms with E-state index in [1.807, 2.05) is 4.90 Å². The Labute approximate surface area is 347 Å². The molecule has 2 aromatic heterocycles. The lowest BCUT2D eigenvalue weighted by Gasteiger charge is -2.44. The highest BCUT2D eigenvalue weighted by molar-refractivity contribution is 7.80. The fraction of sp³-hybridized carbons (Fsp3) is 0.590. The van der Waals surface area contributed by atoms with Gasteiger partial charge >= 0.3 is 6.18 Å².